The van der Waals surface area contributed by atoms with E-state index in [4.69, 9.17) is 0 Å². The predicted octanol–water partition coefficient (Wildman–Crippen LogP) is 0.477. The van der Waals surface area contributed by atoms with Crippen LogP contribution >= 0.6 is 0 Å². The first-order valence-corrected chi connectivity index (χ1v) is 5.52. The first kappa shape index (κ1) is 9.53. The number of aryl methyl sites for hydroxylation is 1. The highest BCUT2D eigenvalue weighted by Crippen LogP contribution is 2.21. The van der Waals surface area contributed by atoms with Crippen molar-refractivity contribution < 1.29 is 0 Å². The van der Waals surface area contributed by atoms with Crippen molar-refractivity contribution in [3.63, 3.8) is 0 Å². The highest BCUT2D eigenvalue weighted by molar-refractivity contribution is 5.18. The molecule has 0 spiro atoms. The molecule has 1 aliphatic rings. The fraction of sp³-hybridized carbons (Fsp3) is 0.500. The number of H-pyrrole nitrogens is 2. The maximum absolute atomic E-state index is 4.44. The Labute approximate surface area is 92.9 Å². The molecule has 0 bridgehead atoms. The van der Waals surface area contributed by atoms with Crippen LogP contribution in [-0.2, 0) is 19.4 Å². The third-order valence-electron chi connectivity index (χ3n) is 2.93. The minimum Gasteiger partial charge on any atom is -0.347 e. The van der Waals surface area contributed by atoms with Crippen LogP contribution in [0.1, 0.15) is 36.0 Å². The smallest absolute Gasteiger partial charge is 0.167 e. The van der Waals surface area contributed by atoms with Gasteiger partial charge in [0.2, 0.25) is 0 Å². The zero-order valence-electron chi connectivity index (χ0n) is 9.12. The largest absolute Gasteiger partial charge is 0.347 e. The second kappa shape index (κ2) is 3.71. The van der Waals surface area contributed by atoms with E-state index < -0.39 is 0 Å². The summed E-state index contributed by atoms with van der Waals surface area (Å²) in [6.45, 7) is 2.86. The quantitative estimate of drug-likeness (QED) is 0.684. The molecular weight excluding hydrogens is 204 g/mol. The van der Waals surface area contributed by atoms with E-state index in [0.29, 0.717) is 0 Å². The molecule has 6 heteroatoms. The summed E-state index contributed by atoms with van der Waals surface area (Å²) in [4.78, 5) is 11.9. The fourth-order valence-electron chi connectivity index (χ4n) is 1.98. The summed E-state index contributed by atoms with van der Waals surface area (Å²) < 4.78 is 0. The number of rotatable bonds is 2. The third-order valence-corrected chi connectivity index (χ3v) is 2.93. The Morgan fingerprint density at radius 1 is 1.50 bits per heavy atom. The minimum absolute atomic E-state index is 0.173. The lowest BCUT2D eigenvalue weighted by molar-refractivity contribution is 0.469. The van der Waals surface area contributed by atoms with E-state index in [1.807, 2.05) is 0 Å². The molecule has 2 aromatic heterocycles. The molecule has 0 saturated carbocycles. The van der Waals surface area contributed by atoms with Crippen LogP contribution in [0, 0.1) is 0 Å². The summed E-state index contributed by atoms with van der Waals surface area (Å²) in [7, 11) is 0. The van der Waals surface area contributed by atoms with Crippen LogP contribution < -0.4 is 5.32 Å². The van der Waals surface area contributed by atoms with Crippen molar-refractivity contribution in [2.75, 3.05) is 0 Å². The molecule has 2 aromatic rings. The van der Waals surface area contributed by atoms with Gasteiger partial charge in [-0.05, 0) is 0 Å². The Bertz CT molecular complexity index is 485. The summed E-state index contributed by atoms with van der Waals surface area (Å²) >= 11 is 0. The van der Waals surface area contributed by atoms with E-state index in [9.17, 15) is 0 Å². The molecule has 0 radical (unpaired) electrons. The molecule has 6 nitrogen and oxygen atoms in total. The number of hydrogen-bond acceptors (Lipinski definition) is 4. The number of nitrogens with one attached hydrogen (secondary N) is 3. The molecule has 0 saturated heterocycles. The van der Waals surface area contributed by atoms with E-state index in [1.165, 1.54) is 5.69 Å². The van der Waals surface area contributed by atoms with Crippen LogP contribution in [0.2, 0.25) is 0 Å². The molecule has 0 amide bonds. The van der Waals surface area contributed by atoms with Crippen molar-refractivity contribution in [3.8, 4) is 0 Å². The van der Waals surface area contributed by atoms with E-state index in [2.05, 4.69) is 37.4 Å². The zero-order chi connectivity index (χ0) is 11.0. The van der Waals surface area contributed by atoms with Gasteiger partial charge in [-0.3, -0.25) is 5.10 Å². The lowest BCUT2D eigenvalue weighted by Crippen LogP contribution is -2.29. The molecule has 0 fully saturated rings. The number of hydrogen-bond donors (Lipinski definition) is 3. The highest BCUT2D eigenvalue weighted by atomic mass is 15.2. The van der Waals surface area contributed by atoms with Gasteiger partial charge in [-0.1, -0.05) is 6.92 Å². The Kier molecular flexibility index (Phi) is 2.21. The van der Waals surface area contributed by atoms with Crippen LogP contribution in [0.4, 0.5) is 0 Å². The van der Waals surface area contributed by atoms with Crippen molar-refractivity contribution in [2.45, 2.75) is 32.4 Å². The van der Waals surface area contributed by atoms with E-state index in [1.54, 1.807) is 6.33 Å². The minimum atomic E-state index is 0.173. The molecule has 1 aliphatic heterocycles. The topological polar surface area (TPSA) is 82.3 Å². The monoisotopic (exact) mass is 218 g/mol. The summed E-state index contributed by atoms with van der Waals surface area (Å²) in [6.07, 6.45) is 3.47. The van der Waals surface area contributed by atoms with Crippen LogP contribution in [0.5, 0.6) is 0 Å². The molecule has 0 aliphatic carbocycles. The molecule has 3 rings (SSSR count). The predicted molar refractivity (Wildman–Crippen MR) is 57.6 cm³/mol. The summed E-state index contributed by atoms with van der Waals surface area (Å²) in [5, 5.41) is 10.6. The Balaban J connectivity index is 1.83. The van der Waals surface area contributed by atoms with E-state index in [0.717, 1.165) is 36.7 Å². The molecule has 16 heavy (non-hydrogen) atoms. The van der Waals surface area contributed by atoms with E-state index in [-0.39, 0.29) is 6.04 Å². The molecule has 3 N–H and O–H groups in total. The second-order valence-corrected chi connectivity index (χ2v) is 3.96. The zero-order valence-corrected chi connectivity index (χ0v) is 9.12. The number of nitrogens with zero attached hydrogens (tertiary/aromatic N) is 3. The van der Waals surface area contributed by atoms with Gasteiger partial charge in [0, 0.05) is 19.4 Å². The number of aromatic nitrogens is 5. The average molecular weight is 218 g/mol. The van der Waals surface area contributed by atoms with Crippen LogP contribution in [0.3, 0.4) is 0 Å². The van der Waals surface area contributed by atoms with Gasteiger partial charge in [0.1, 0.15) is 5.82 Å². The second-order valence-electron chi connectivity index (χ2n) is 3.96. The number of fused-ring (bicyclic) bond motifs is 1. The molecule has 1 atom stereocenters. The van der Waals surface area contributed by atoms with E-state index >= 15 is 0 Å². The van der Waals surface area contributed by atoms with Crippen molar-refractivity contribution >= 4 is 0 Å². The molecular formula is C10H14N6. The summed E-state index contributed by atoms with van der Waals surface area (Å²) in [6, 6.07) is 0.173. The highest BCUT2D eigenvalue weighted by Gasteiger charge is 2.24. The fourth-order valence-corrected chi connectivity index (χ4v) is 1.98. The normalized spacial score (nSPS) is 19.7. The van der Waals surface area contributed by atoms with Gasteiger partial charge >= 0.3 is 0 Å². The standard InChI is InChI=1S/C10H14N6/c1-2-9-14-10(16-15-9)7-3-6-8(4-11-7)13-5-12-6/h5,7,11H,2-4H2,1H3,(H,12,13)(H,14,15,16). The van der Waals surface area contributed by atoms with Gasteiger partial charge in [-0.25, -0.2) is 9.97 Å². The van der Waals surface area contributed by atoms with Gasteiger partial charge in [0.05, 0.1) is 23.8 Å². The van der Waals surface area contributed by atoms with Gasteiger partial charge in [0.15, 0.2) is 5.82 Å². The van der Waals surface area contributed by atoms with Crippen molar-refractivity contribution in [2.24, 2.45) is 0 Å². The summed E-state index contributed by atoms with van der Waals surface area (Å²) in [5.41, 5.74) is 2.29. The van der Waals surface area contributed by atoms with Crippen LogP contribution in [0.15, 0.2) is 6.33 Å². The lowest BCUT2D eigenvalue weighted by Gasteiger charge is -2.20. The first-order chi connectivity index (χ1) is 7.86. The Hall–Kier alpha value is -1.69. The van der Waals surface area contributed by atoms with Gasteiger partial charge in [-0.15, -0.1) is 0 Å². The van der Waals surface area contributed by atoms with Crippen molar-refractivity contribution in [1.82, 2.24) is 30.5 Å². The SMILES string of the molecule is CCc1nc(C2Cc3nc[nH]c3CN2)n[nH]1. The maximum atomic E-state index is 4.44. The van der Waals surface area contributed by atoms with Gasteiger partial charge in [0.25, 0.3) is 0 Å². The summed E-state index contributed by atoms with van der Waals surface area (Å²) in [5.74, 6) is 1.77. The third kappa shape index (κ3) is 1.51. The molecule has 84 valence electrons. The maximum Gasteiger partial charge on any atom is 0.167 e. The van der Waals surface area contributed by atoms with Crippen LogP contribution in [-0.4, -0.2) is 25.1 Å². The number of aromatic amines is 2. The van der Waals surface area contributed by atoms with Gasteiger partial charge < -0.3 is 10.3 Å². The molecule has 1 unspecified atom stereocenters. The Morgan fingerprint density at radius 3 is 3.25 bits per heavy atom. The number of imidazole rings is 1. The van der Waals surface area contributed by atoms with Crippen LogP contribution in [0.25, 0.3) is 0 Å². The van der Waals surface area contributed by atoms with Crippen molar-refractivity contribution in [1.29, 1.82) is 0 Å². The van der Waals surface area contributed by atoms with Gasteiger partial charge in [-0.2, -0.15) is 5.10 Å². The van der Waals surface area contributed by atoms with Crippen molar-refractivity contribution in [3.05, 3.63) is 29.4 Å². The first-order valence-electron chi connectivity index (χ1n) is 5.52. The average Bonchev–Trinajstić information content (AvgIpc) is 2.96. The lowest BCUT2D eigenvalue weighted by atomic mass is 10.1. The Morgan fingerprint density at radius 2 is 2.44 bits per heavy atom. The molecule has 0 aromatic carbocycles. The molecule has 3 heterocycles.